The lowest BCUT2D eigenvalue weighted by molar-refractivity contribution is -0.124. The van der Waals surface area contributed by atoms with Gasteiger partial charge in [0.2, 0.25) is 5.91 Å². The molecule has 0 aromatic heterocycles. The molecule has 0 radical (unpaired) electrons. The van der Waals surface area contributed by atoms with E-state index in [0.717, 1.165) is 44.9 Å². The predicted octanol–water partition coefficient (Wildman–Crippen LogP) is 16.2. The molecule has 0 saturated carbocycles. The Hall–Kier alpha value is -1.95. The van der Waals surface area contributed by atoms with Gasteiger partial charge in [-0.25, -0.2) is 0 Å². The zero-order valence-electron chi connectivity index (χ0n) is 40.5. The van der Waals surface area contributed by atoms with Crippen LogP contribution in [0, 0.1) is 0 Å². The number of aliphatic hydroxyl groups excluding tert-OH is 3. The molecular weight excluding hydrogens is 751 g/mol. The van der Waals surface area contributed by atoms with Crippen molar-refractivity contribution in [3.63, 3.8) is 0 Å². The van der Waals surface area contributed by atoms with Crippen molar-refractivity contribution in [2.24, 2.45) is 0 Å². The SMILES string of the molecule is C/C=C/CC/C=C/CC/C=C/C(O)C(CO)NC(=O)CC(O)CCCCCCCCCCCCCCCCC/C=C\C/C=C\CCCCCCCCCCCCCCCCC. The van der Waals surface area contributed by atoms with Crippen molar-refractivity contribution in [1.82, 2.24) is 5.32 Å². The fourth-order valence-electron chi connectivity index (χ4n) is 8.06. The number of carbonyl (C=O) groups is 1. The van der Waals surface area contributed by atoms with Crippen LogP contribution in [0.25, 0.3) is 0 Å². The summed E-state index contributed by atoms with van der Waals surface area (Å²) < 4.78 is 0. The average Bonchev–Trinajstić information content (AvgIpc) is 3.25. The van der Waals surface area contributed by atoms with Crippen LogP contribution >= 0.6 is 0 Å². The van der Waals surface area contributed by atoms with E-state index in [9.17, 15) is 20.1 Å². The molecule has 0 aliphatic rings. The standard InChI is InChI=1S/C56H103NO4/c1-3-5-7-9-11-13-14-15-16-17-18-19-20-21-22-23-24-25-26-27-28-29-30-31-32-33-34-35-36-37-38-39-40-42-43-45-47-49-53(59)51-56(61)57-54(52-58)55(60)50-48-46-44-41-12-10-8-6-4-2/h4,6,12,24-25,27-28,41,48,50,53-55,58-60H,3,5,7-11,13-23,26,29-40,42-47,49,51-52H2,1-2H3,(H,57,61)/b6-4+,25-24-,28-27-,41-12+,50-48+. The third-order valence-corrected chi connectivity index (χ3v) is 12.1. The van der Waals surface area contributed by atoms with Gasteiger partial charge in [0.1, 0.15) is 0 Å². The first kappa shape index (κ1) is 59.0. The largest absolute Gasteiger partial charge is 0.394 e. The Morgan fingerprint density at radius 1 is 0.459 bits per heavy atom. The molecule has 0 spiro atoms. The summed E-state index contributed by atoms with van der Waals surface area (Å²) >= 11 is 0. The normalized spacial score (nSPS) is 13.9. The van der Waals surface area contributed by atoms with Crippen molar-refractivity contribution in [2.45, 2.75) is 283 Å². The third kappa shape index (κ3) is 47.4. The summed E-state index contributed by atoms with van der Waals surface area (Å²) in [7, 11) is 0. The molecule has 61 heavy (non-hydrogen) atoms. The Kier molecular flexibility index (Phi) is 49.1. The van der Waals surface area contributed by atoms with Crippen molar-refractivity contribution < 1.29 is 20.1 Å². The van der Waals surface area contributed by atoms with Gasteiger partial charge < -0.3 is 20.6 Å². The van der Waals surface area contributed by atoms with E-state index in [4.69, 9.17) is 0 Å². The molecule has 0 aliphatic carbocycles. The molecule has 0 rings (SSSR count). The van der Waals surface area contributed by atoms with Crippen LogP contribution in [0.5, 0.6) is 0 Å². The Labute approximate surface area is 379 Å². The zero-order valence-corrected chi connectivity index (χ0v) is 40.5. The summed E-state index contributed by atoms with van der Waals surface area (Å²) in [6, 6.07) is -0.767. The number of unbranched alkanes of at least 4 members (excludes halogenated alkanes) is 32. The van der Waals surface area contributed by atoms with Gasteiger partial charge in [0, 0.05) is 0 Å². The van der Waals surface area contributed by atoms with Crippen molar-refractivity contribution >= 4 is 5.91 Å². The van der Waals surface area contributed by atoms with E-state index in [0.29, 0.717) is 6.42 Å². The molecule has 0 aromatic rings. The highest BCUT2D eigenvalue weighted by Gasteiger charge is 2.20. The molecule has 356 valence electrons. The van der Waals surface area contributed by atoms with Gasteiger partial charge in [-0.05, 0) is 71.1 Å². The van der Waals surface area contributed by atoms with Crippen molar-refractivity contribution in [3.8, 4) is 0 Å². The van der Waals surface area contributed by atoms with Gasteiger partial charge in [-0.2, -0.15) is 0 Å². The number of amides is 1. The summed E-state index contributed by atoms with van der Waals surface area (Å²) in [5.41, 5.74) is 0. The van der Waals surface area contributed by atoms with Crippen LogP contribution in [-0.2, 0) is 4.79 Å². The van der Waals surface area contributed by atoms with Crippen molar-refractivity contribution in [1.29, 1.82) is 0 Å². The average molecular weight is 854 g/mol. The van der Waals surface area contributed by atoms with Gasteiger partial charge in [-0.3, -0.25) is 4.79 Å². The predicted molar refractivity (Wildman–Crippen MR) is 268 cm³/mol. The van der Waals surface area contributed by atoms with Crippen molar-refractivity contribution in [3.05, 3.63) is 60.8 Å². The second-order valence-electron chi connectivity index (χ2n) is 18.1. The van der Waals surface area contributed by atoms with Crippen LogP contribution in [0.15, 0.2) is 60.8 Å². The number of nitrogens with one attached hydrogen (secondary N) is 1. The quantitative estimate of drug-likeness (QED) is 0.0363. The van der Waals surface area contributed by atoms with Gasteiger partial charge >= 0.3 is 0 Å². The fraction of sp³-hybridized carbons (Fsp3) is 0.804. The van der Waals surface area contributed by atoms with Crippen LogP contribution in [0.1, 0.15) is 264 Å². The molecule has 0 bridgehead atoms. The third-order valence-electron chi connectivity index (χ3n) is 12.1. The number of aliphatic hydroxyl groups is 3. The van der Waals surface area contributed by atoms with Gasteiger partial charge in [0.05, 0.1) is 31.3 Å². The summed E-state index contributed by atoms with van der Waals surface area (Å²) in [6.45, 7) is 3.97. The molecule has 4 N–H and O–H groups in total. The second kappa shape index (κ2) is 50.7. The zero-order chi connectivity index (χ0) is 44.4. The maximum atomic E-state index is 12.4. The molecule has 0 heterocycles. The number of allylic oxidation sites excluding steroid dienone is 9. The van der Waals surface area contributed by atoms with Gasteiger partial charge in [-0.1, -0.05) is 247 Å². The van der Waals surface area contributed by atoms with E-state index in [1.54, 1.807) is 6.08 Å². The summed E-state index contributed by atoms with van der Waals surface area (Å²) in [6.07, 6.45) is 68.8. The van der Waals surface area contributed by atoms with Gasteiger partial charge in [0.15, 0.2) is 0 Å². The molecule has 0 saturated heterocycles. The maximum Gasteiger partial charge on any atom is 0.222 e. The number of hydrogen-bond acceptors (Lipinski definition) is 4. The van der Waals surface area contributed by atoms with Gasteiger partial charge in [-0.15, -0.1) is 0 Å². The first-order valence-electron chi connectivity index (χ1n) is 26.5. The number of hydrogen-bond donors (Lipinski definition) is 4. The van der Waals surface area contributed by atoms with E-state index in [1.807, 2.05) is 13.0 Å². The molecule has 0 aliphatic heterocycles. The summed E-state index contributed by atoms with van der Waals surface area (Å²) in [5.74, 6) is -0.333. The minimum absolute atomic E-state index is 0.000415. The molecular formula is C56H103NO4. The van der Waals surface area contributed by atoms with E-state index >= 15 is 0 Å². The van der Waals surface area contributed by atoms with Crippen LogP contribution < -0.4 is 5.32 Å². The van der Waals surface area contributed by atoms with E-state index in [2.05, 4.69) is 60.8 Å². The lowest BCUT2D eigenvalue weighted by atomic mass is 10.0. The van der Waals surface area contributed by atoms with Crippen molar-refractivity contribution in [2.75, 3.05) is 6.61 Å². The van der Waals surface area contributed by atoms with Crippen LogP contribution in [0.4, 0.5) is 0 Å². The number of rotatable bonds is 48. The first-order valence-corrected chi connectivity index (χ1v) is 26.5. The maximum absolute atomic E-state index is 12.4. The molecule has 0 aromatic carbocycles. The molecule has 5 nitrogen and oxygen atoms in total. The van der Waals surface area contributed by atoms with Gasteiger partial charge in [0.25, 0.3) is 0 Å². The van der Waals surface area contributed by atoms with Crippen LogP contribution in [0.3, 0.4) is 0 Å². The highest BCUT2D eigenvalue weighted by atomic mass is 16.3. The lowest BCUT2D eigenvalue weighted by Crippen LogP contribution is -2.45. The molecule has 3 unspecified atom stereocenters. The second-order valence-corrected chi connectivity index (χ2v) is 18.1. The smallest absolute Gasteiger partial charge is 0.222 e. The summed E-state index contributed by atoms with van der Waals surface area (Å²) in [4.78, 5) is 12.4. The Morgan fingerprint density at radius 2 is 0.820 bits per heavy atom. The molecule has 5 heteroatoms. The van der Waals surface area contributed by atoms with Crippen LogP contribution in [0.2, 0.25) is 0 Å². The fourth-order valence-corrected chi connectivity index (χ4v) is 8.06. The Bertz CT molecular complexity index is 1030. The minimum atomic E-state index is -0.959. The van der Waals surface area contributed by atoms with E-state index in [-0.39, 0.29) is 18.9 Å². The van der Waals surface area contributed by atoms with E-state index < -0.39 is 18.2 Å². The van der Waals surface area contributed by atoms with E-state index in [1.165, 1.54) is 193 Å². The number of carbonyl (C=O) groups excluding carboxylic acids is 1. The molecule has 0 fully saturated rings. The monoisotopic (exact) mass is 854 g/mol. The van der Waals surface area contributed by atoms with Crippen LogP contribution in [-0.4, -0.2) is 46.1 Å². The summed E-state index contributed by atoms with van der Waals surface area (Å²) in [5, 5.41) is 33.1. The Balaban J connectivity index is 3.47. The molecule has 3 atom stereocenters. The Morgan fingerprint density at radius 3 is 1.23 bits per heavy atom. The lowest BCUT2D eigenvalue weighted by Gasteiger charge is -2.21. The topological polar surface area (TPSA) is 89.8 Å². The molecule has 1 amide bonds. The highest BCUT2D eigenvalue weighted by Crippen LogP contribution is 2.16. The minimum Gasteiger partial charge on any atom is -0.394 e. The first-order chi connectivity index (χ1) is 30.0. The highest BCUT2D eigenvalue weighted by molar-refractivity contribution is 5.76.